The molecule has 0 spiro atoms. The summed E-state index contributed by atoms with van der Waals surface area (Å²) in [5, 5.41) is 0.259. The van der Waals surface area contributed by atoms with Crippen LogP contribution in [0.4, 0.5) is 0 Å². The molecule has 0 aromatic heterocycles. The zero-order valence-electron chi connectivity index (χ0n) is 9.43. The van der Waals surface area contributed by atoms with E-state index in [0.717, 1.165) is 18.4 Å². The maximum atomic E-state index is 11.2. The van der Waals surface area contributed by atoms with Gasteiger partial charge in [0.05, 0.1) is 0 Å². The lowest BCUT2D eigenvalue weighted by atomic mass is 10.0. The quantitative estimate of drug-likeness (QED) is 0.527. The number of halogens is 2. The number of aryl methyl sites for hydroxylation is 1. The molecule has 1 rings (SSSR count). The third-order valence-corrected chi connectivity index (χ3v) is 3.02. The third-order valence-electron chi connectivity index (χ3n) is 2.58. The summed E-state index contributed by atoms with van der Waals surface area (Å²) in [6.45, 7) is 2.17. The second-order valence-corrected chi connectivity index (χ2v) is 4.67. The van der Waals surface area contributed by atoms with E-state index in [4.69, 9.17) is 23.2 Å². The number of benzene rings is 1. The first kappa shape index (κ1) is 13.5. The van der Waals surface area contributed by atoms with E-state index < -0.39 is 5.24 Å². The van der Waals surface area contributed by atoms with Crippen LogP contribution in [0.5, 0.6) is 0 Å². The Morgan fingerprint density at radius 3 is 2.62 bits per heavy atom. The molecule has 0 fully saturated rings. The zero-order chi connectivity index (χ0) is 12.0. The molecule has 3 heteroatoms. The Hall–Kier alpha value is -0.530. The fraction of sp³-hybridized carbons (Fsp3) is 0.462. The van der Waals surface area contributed by atoms with Crippen molar-refractivity contribution in [2.75, 3.05) is 0 Å². The highest BCUT2D eigenvalue weighted by molar-refractivity contribution is 6.68. The number of hydrogen-bond donors (Lipinski definition) is 0. The van der Waals surface area contributed by atoms with Crippen LogP contribution in [0.15, 0.2) is 18.2 Å². The van der Waals surface area contributed by atoms with Crippen LogP contribution in [0.3, 0.4) is 0 Å². The minimum Gasteiger partial charge on any atom is -0.276 e. The van der Waals surface area contributed by atoms with Crippen LogP contribution >= 0.6 is 23.2 Å². The normalized spacial score (nSPS) is 10.4. The summed E-state index contributed by atoms with van der Waals surface area (Å²) in [5.74, 6) is 0. The van der Waals surface area contributed by atoms with Gasteiger partial charge in [-0.15, -0.1) is 0 Å². The molecule has 1 aromatic carbocycles. The molecule has 0 bridgehead atoms. The van der Waals surface area contributed by atoms with E-state index in [1.54, 1.807) is 12.1 Å². The van der Waals surface area contributed by atoms with Gasteiger partial charge in [-0.1, -0.05) is 37.8 Å². The second kappa shape index (κ2) is 6.93. The van der Waals surface area contributed by atoms with Gasteiger partial charge in [-0.25, -0.2) is 0 Å². The summed E-state index contributed by atoms with van der Waals surface area (Å²) in [7, 11) is 0. The summed E-state index contributed by atoms with van der Waals surface area (Å²) >= 11 is 11.4. The van der Waals surface area contributed by atoms with Crippen LogP contribution in [0, 0.1) is 0 Å². The van der Waals surface area contributed by atoms with Crippen molar-refractivity contribution in [2.45, 2.75) is 39.0 Å². The van der Waals surface area contributed by atoms with Crippen LogP contribution in [0.1, 0.15) is 48.5 Å². The van der Waals surface area contributed by atoms with Crippen molar-refractivity contribution in [3.63, 3.8) is 0 Å². The molecular formula is C13H16Cl2O. The molecule has 1 aromatic rings. The van der Waals surface area contributed by atoms with Gasteiger partial charge in [0.25, 0.3) is 5.24 Å². The molecule has 0 aliphatic carbocycles. The largest absolute Gasteiger partial charge is 0.276 e. The Labute approximate surface area is 107 Å². The first-order valence-corrected chi connectivity index (χ1v) is 6.39. The molecule has 16 heavy (non-hydrogen) atoms. The standard InChI is InChI=1S/C13H16Cl2O/c1-2-3-4-5-6-10-9-11(14)7-8-12(10)13(15)16/h7-9H,2-6H2,1H3. The maximum absolute atomic E-state index is 11.2. The average Bonchev–Trinajstić information content (AvgIpc) is 2.24. The Morgan fingerprint density at radius 2 is 2.00 bits per heavy atom. The minimum atomic E-state index is -0.401. The van der Waals surface area contributed by atoms with Crippen molar-refractivity contribution in [3.8, 4) is 0 Å². The fourth-order valence-electron chi connectivity index (χ4n) is 1.70. The van der Waals surface area contributed by atoms with Crippen molar-refractivity contribution < 1.29 is 4.79 Å². The predicted octanol–water partition coefficient (Wildman–Crippen LogP) is 4.84. The Balaban J connectivity index is 2.68. The summed E-state index contributed by atoms with van der Waals surface area (Å²) < 4.78 is 0. The minimum absolute atomic E-state index is 0.401. The number of carbonyl (C=O) groups excluding carboxylic acids is 1. The lowest BCUT2D eigenvalue weighted by Gasteiger charge is -2.06. The first-order chi connectivity index (χ1) is 7.65. The zero-order valence-corrected chi connectivity index (χ0v) is 10.9. The molecule has 0 atom stereocenters. The van der Waals surface area contributed by atoms with Crippen molar-refractivity contribution in [1.82, 2.24) is 0 Å². The van der Waals surface area contributed by atoms with Crippen LogP contribution in [0.25, 0.3) is 0 Å². The molecule has 0 unspecified atom stereocenters. The van der Waals surface area contributed by atoms with E-state index in [1.165, 1.54) is 19.3 Å². The van der Waals surface area contributed by atoms with Crippen molar-refractivity contribution >= 4 is 28.4 Å². The van der Waals surface area contributed by atoms with Gasteiger partial charge >= 0.3 is 0 Å². The van der Waals surface area contributed by atoms with Crippen molar-refractivity contribution in [1.29, 1.82) is 0 Å². The highest BCUT2D eigenvalue weighted by atomic mass is 35.5. The van der Waals surface area contributed by atoms with E-state index >= 15 is 0 Å². The Kier molecular flexibility index (Phi) is 5.86. The summed E-state index contributed by atoms with van der Waals surface area (Å²) in [4.78, 5) is 11.2. The van der Waals surface area contributed by atoms with Gasteiger partial charge in [-0.2, -0.15) is 0 Å². The van der Waals surface area contributed by atoms with Crippen molar-refractivity contribution in [3.05, 3.63) is 34.3 Å². The van der Waals surface area contributed by atoms with E-state index in [2.05, 4.69) is 6.92 Å². The monoisotopic (exact) mass is 258 g/mol. The summed E-state index contributed by atoms with van der Waals surface area (Å²) in [6, 6.07) is 5.24. The molecule has 0 aliphatic rings. The summed E-state index contributed by atoms with van der Waals surface area (Å²) in [5.41, 5.74) is 1.55. The Morgan fingerprint density at radius 1 is 1.25 bits per heavy atom. The number of unbranched alkanes of at least 4 members (excludes halogenated alkanes) is 3. The molecule has 0 heterocycles. The highest BCUT2D eigenvalue weighted by Crippen LogP contribution is 2.20. The maximum Gasteiger partial charge on any atom is 0.252 e. The lowest BCUT2D eigenvalue weighted by Crippen LogP contribution is -1.98. The van der Waals surface area contributed by atoms with E-state index in [0.29, 0.717) is 10.6 Å². The second-order valence-electron chi connectivity index (χ2n) is 3.89. The SMILES string of the molecule is CCCCCCc1cc(Cl)ccc1C(=O)Cl. The van der Waals surface area contributed by atoms with Crippen LogP contribution < -0.4 is 0 Å². The van der Waals surface area contributed by atoms with E-state index in [9.17, 15) is 4.79 Å². The molecular weight excluding hydrogens is 243 g/mol. The van der Waals surface area contributed by atoms with E-state index in [-0.39, 0.29) is 0 Å². The molecule has 88 valence electrons. The molecule has 0 saturated carbocycles. The van der Waals surface area contributed by atoms with Crippen LogP contribution in [-0.2, 0) is 6.42 Å². The average molecular weight is 259 g/mol. The van der Waals surface area contributed by atoms with E-state index in [1.807, 2.05) is 6.07 Å². The highest BCUT2D eigenvalue weighted by Gasteiger charge is 2.08. The molecule has 0 N–H and O–H groups in total. The number of rotatable bonds is 6. The molecule has 1 nitrogen and oxygen atoms in total. The van der Waals surface area contributed by atoms with Gasteiger partial charge in [0.15, 0.2) is 0 Å². The van der Waals surface area contributed by atoms with Crippen LogP contribution in [-0.4, -0.2) is 5.24 Å². The third kappa shape index (κ3) is 4.15. The Bertz CT molecular complexity index is 361. The number of hydrogen-bond acceptors (Lipinski definition) is 1. The molecule has 0 aliphatic heterocycles. The smallest absolute Gasteiger partial charge is 0.252 e. The van der Waals surface area contributed by atoms with Gasteiger partial charge in [-0.05, 0) is 48.2 Å². The molecule has 0 saturated heterocycles. The lowest BCUT2D eigenvalue weighted by molar-refractivity contribution is 0.108. The molecule has 0 radical (unpaired) electrons. The van der Waals surface area contributed by atoms with Gasteiger partial charge in [-0.3, -0.25) is 4.79 Å². The first-order valence-electron chi connectivity index (χ1n) is 5.63. The number of carbonyl (C=O) groups is 1. The van der Waals surface area contributed by atoms with Crippen molar-refractivity contribution in [2.24, 2.45) is 0 Å². The fourth-order valence-corrected chi connectivity index (χ4v) is 2.08. The van der Waals surface area contributed by atoms with Crippen LogP contribution in [0.2, 0.25) is 5.02 Å². The van der Waals surface area contributed by atoms with Gasteiger partial charge in [0, 0.05) is 10.6 Å². The molecule has 0 amide bonds. The van der Waals surface area contributed by atoms with Gasteiger partial charge in [0.1, 0.15) is 0 Å². The predicted molar refractivity (Wildman–Crippen MR) is 69.5 cm³/mol. The topological polar surface area (TPSA) is 17.1 Å². The summed E-state index contributed by atoms with van der Waals surface area (Å²) in [6.07, 6.45) is 5.56. The van der Waals surface area contributed by atoms with Gasteiger partial charge < -0.3 is 0 Å². The van der Waals surface area contributed by atoms with Gasteiger partial charge in [0.2, 0.25) is 0 Å².